The van der Waals surface area contributed by atoms with Crippen LogP contribution >= 0.6 is 11.6 Å². The largest absolute Gasteiger partial charge is 0.368 e. The van der Waals surface area contributed by atoms with E-state index < -0.39 is 0 Å². The van der Waals surface area contributed by atoms with Gasteiger partial charge in [0, 0.05) is 54.7 Å². The van der Waals surface area contributed by atoms with Crippen molar-refractivity contribution >= 4 is 28.7 Å². The van der Waals surface area contributed by atoms with E-state index in [9.17, 15) is 10.1 Å². The molecule has 1 aliphatic rings. The Kier molecular flexibility index (Phi) is 4.15. The number of hydrogen-bond donors (Lipinski definition) is 0. The van der Waals surface area contributed by atoms with Gasteiger partial charge in [-0.05, 0) is 30.3 Å². The Morgan fingerprint density at radius 1 is 0.909 bits per heavy atom. The van der Waals surface area contributed by atoms with Gasteiger partial charge in [-0.1, -0.05) is 17.7 Å². The number of nitro groups is 1. The Balaban J connectivity index is 1.67. The molecule has 0 radical (unpaired) electrons. The number of rotatable bonds is 3. The average molecular weight is 318 g/mol. The molecule has 1 saturated heterocycles. The van der Waals surface area contributed by atoms with Gasteiger partial charge in [-0.2, -0.15) is 0 Å². The normalized spacial score (nSPS) is 15.0. The molecule has 0 aliphatic carbocycles. The molecular formula is C16H16ClN3O2. The zero-order valence-electron chi connectivity index (χ0n) is 12.0. The maximum absolute atomic E-state index is 10.9. The number of nitro benzene ring substituents is 1. The van der Waals surface area contributed by atoms with Crippen molar-refractivity contribution in [3.63, 3.8) is 0 Å². The first-order chi connectivity index (χ1) is 10.6. The molecule has 2 aromatic rings. The minimum atomic E-state index is -0.354. The molecule has 1 aliphatic heterocycles. The molecule has 0 amide bonds. The van der Waals surface area contributed by atoms with Gasteiger partial charge in [0.15, 0.2) is 0 Å². The predicted molar refractivity (Wildman–Crippen MR) is 89.0 cm³/mol. The van der Waals surface area contributed by atoms with Crippen LogP contribution in [0.5, 0.6) is 0 Å². The van der Waals surface area contributed by atoms with Gasteiger partial charge in [0.25, 0.3) is 5.69 Å². The van der Waals surface area contributed by atoms with Gasteiger partial charge in [-0.25, -0.2) is 0 Å². The van der Waals surface area contributed by atoms with Gasteiger partial charge in [-0.15, -0.1) is 0 Å². The first-order valence-electron chi connectivity index (χ1n) is 7.13. The second-order valence-electron chi connectivity index (χ2n) is 5.23. The first kappa shape index (κ1) is 14.7. The lowest BCUT2D eigenvalue weighted by Crippen LogP contribution is -2.46. The summed E-state index contributed by atoms with van der Waals surface area (Å²) in [6, 6.07) is 14.6. The molecule has 0 aromatic heterocycles. The smallest absolute Gasteiger partial charge is 0.271 e. The maximum atomic E-state index is 10.9. The second kappa shape index (κ2) is 6.23. The molecule has 0 unspecified atom stereocenters. The summed E-state index contributed by atoms with van der Waals surface area (Å²) in [6.07, 6.45) is 0. The van der Waals surface area contributed by atoms with Crippen LogP contribution in [0.3, 0.4) is 0 Å². The first-order valence-corrected chi connectivity index (χ1v) is 7.51. The van der Waals surface area contributed by atoms with E-state index in [2.05, 4.69) is 9.80 Å². The van der Waals surface area contributed by atoms with Crippen molar-refractivity contribution in [1.29, 1.82) is 0 Å². The fraction of sp³-hybridized carbons (Fsp3) is 0.250. The van der Waals surface area contributed by atoms with Crippen LogP contribution < -0.4 is 9.80 Å². The molecule has 3 rings (SSSR count). The monoisotopic (exact) mass is 317 g/mol. The third-order valence-electron chi connectivity index (χ3n) is 3.88. The fourth-order valence-corrected chi connectivity index (χ4v) is 2.80. The Bertz CT molecular complexity index is 667. The van der Waals surface area contributed by atoms with Gasteiger partial charge in [0.05, 0.1) is 4.92 Å². The molecular weight excluding hydrogens is 302 g/mol. The molecule has 0 N–H and O–H groups in total. The van der Waals surface area contributed by atoms with E-state index in [0.29, 0.717) is 0 Å². The average Bonchev–Trinajstić information content (AvgIpc) is 2.56. The highest BCUT2D eigenvalue weighted by Crippen LogP contribution is 2.24. The molecule has 5 nitrogen and oxygen atoms in total. The van der Waals surface area contributed by atoms with E-state index in [0.717, 1.165) is 42.6 Å². The molecule has 1 heterocycles. The SMILES string of the molecule is O=[N+]([O-])c1cccc(N2CCN(c3ccc(Cl)cc3)CC2)c1. The van der Waals surface area contributed by atoms with Gasteiger partial charge in [0.2, 0.25) is 0 Å². The number of benzene rings is 2. The van der Waals surface area contributed by atoms with E-state index >= 15 is 0 Å². The lowest BCUT2D eigenvalue weighted by atomic mass is 10.2. The molecule has 6 heteroatoms. The van der Waals surface area contributed by atoms with Crippen molar-refractivity contribution in [2.75, 3.05) is 36.0 Å². The molecule has 0 spiro atoms. The lowest BCUT2D eigenvalue weighted by molar-refractivity contribution is -0.384. The van der Waals surface area contributed by atoms with Crippen molar-refractivity contribution < 1.29 is 4.92 Å². The highest BCUT2D eigenvalue weighted by molar-refractivity contribution is 6.30. The van der Waals surface area contributed by atoms with Crippen molar-refractivity contribution in [1.82, 2.24) is 0 Å². The van der Waals surface area contributed by atoms with Crippen LogP contribution in [-0.2, 0) is 0 Å². The summed E-state index contributed by atoms with van der Waals surface area (Å²) in [5.74, 6) is 0. The third-order valence-corrected chi connectivity index (χ3v) is 4.13. The van der Waals surface area contributed by atoms with Crippen molar-refractivity contribution in [3.8, 4) is 0 Å². The lowest BCUT2D eigenvalue weighted by Gasteiger charge is -2.37. The summed E-state index contributed by atoms with van der Waals surface area (Å²) in [7, 11) is 0. The predicted octanol–water partition coefficient (Wildman–Crippen LogP) is 3.57. The minimum Gasteiger partial charge on any atom is -0.368 e. The van der Waals surface area contributed by atoms with Crippen LogP contribution in [0.25, 0.3) is 0 Å². The Morgan fingerprint density at radius 2 is 1.50 bits per heavy atom. The highest BCUT2D eigenvalue weighted by atomic mass is 35.5. The van der Waals surface area contributed by atoms with Gasteiger partial charge in [-0.3, -0.25) is 10.1 Å². The summed E-state index contributed by atoms with van der Waals surface area (Å²) in [5.41, 5.74) is 2.20. The number of piperazine rings is 1. The van der Waals surface area contributed by atoms with Crippen LogP contribution in [-0.4, -0.2) is 31.1 Å². The van der Waals surface area contributed by atoms with E-state index in [1.165, 1.54) is 6.07 Å². The fourth-order valence-electron chi connectivity index (χ4n) is 2.68. The van der Waals surface area contributed by atoms with E-state index in [-0.39, 0.29) is 10.6 Å². The summed E-state index contributed by atoms with van der Waals surface area (Å²) in [6.45, 7) is 3.43. The van der Waals surface area contributed by atoms with Crippen molar-refractivity contribution in [2.45, 2.75) is 0 Å². The zero-order valence-corrected chi connectivity index (χ0v) is 12.7. The van der Waals surface area contributed by atoms with Crippen molar-refractivity contribution in [3.05, 3.63) is 63.7 Å². The van der Waals surface area contributed by atoms with E-state index in [4.69, 9.17) is 11.6 Å². The van der Waals surface area contributed by atoms with Crippen LogP contribution in [0.1, 0.15) is 0 Å². The van der Waals surface area contributed by atoms with Gasteiger partial charge < -0.3 is 9.80 Å². The van der Waals surface area contributed by atoms with E-state index in [1.807, 2.05) is 30.3 Å². The number of hydrogen-bond acceptors (Lipinski definition) is 4. The van der Waals surface area contributed by atoms with Gasteiger partial charge in [0.1, 0.15) is 0 Å². The second-order valence-corrected chi connectivity index (χ2v) is 5.66. The standard InChI is InChI=1S/C16H16ClN3O2/c17-13-4-6-14(7-5-13)18-8-10-19(11-9-18)15-2-1-3-16(12-15)20(21)22/h1-7,12H,8-11H2. The van der Waals surface area contributed by atoms with Crippen molar-refractivity contribution in [2.24, 2.45) is 0 Å². The topological polar surface area (TPSA) is 49.6 Å². The quantitative estimate of drug-likeness (QED) is 0.641. The number of anilines is 2. The Morgan fingerprint density at radius 3 is 2.09 bits per heavy atom. The summed E-state index contributed by atoms with van der Waals surface area (Å²) >= 11 is 5.91. The van der Waals surface area contributed by atoms with E-state index in [1.54, 1.807) is 12.1 Å². The van der Waals surface area contributed by atoms with Crippen LogP contribution in [0.15, 0.2) is 48.5 Å². The summed E-state index contributed by atoms with van der Waals surface area (Å²) in [5, 5.41) is 11.6. The molecule has 1 fully saturated rings. The Labute approximate surface area is 133 Å². The van der Waals surface area contributed by atoms with Crippen LogP contribution in [0.2, 0.25) is 5.02 Å². The van der Waals surface area contributed by atoms with Crippen LogP contribution in [0, 0.1) is 10.1 Å². The van der Waals surface area contributed by atoms with Gasteiger partial charge >= 0.3 is 0 Å². The highest BCUT2D eigenvalue weighted by Gasteiger charge is 2.19. The molecule has 22 heavy (non-hydrogen) atoms. The summed E-state index contributed by atoms with van der Waals surface area (Å²) < 4.78 is 0. The minimum absolute atomic E-state index is 0.137. The number of halogens is 1. The summed E-state index contributed by atoms with van der Waals surface area (Å²) in [4.78, 5) is 15.0. The maximum Gasteiger partial charge on any atom is 0.271 e. The molecule has 0 saturated carbocycles. The zero-order chi connectivity index (χ0) is 15.5. The molecule has 0 bridgehead atoms. The molecule has 2 aromatic carbocycles. The Hall–Kier alpha value is -2.27. The molecule has 0 atom stereocenters. The number of nitrogens with zero attached hydrogens (tertiary/aromatic N) is 3. The third kappa shape index (κ3) is 3.14. The molecule has 114 valence electrons. The van der Waals surface area contributed by atoms with Crippen LogP contribution in [0.4, 0.5) is 17.1 Å². The number of non-ortho nitro benzene ring substituents is 1.